The van der Waals surface area contributed by atoms with E-state index in [-0.39, 0.29) is 16.7 Å². The lowest BCUT2D eigenvalue weighted by Gasteiger charge is -2.23. The van der Waals surface area contributed by atoms with Crippen molar-refractivity contribution in [3.8, 4) is 0 Å². The molecule has 128 valence electrons. The van der Waals surface area contributed by atoms with Crippen LogP contribution in [0.2, 0.25) is 0 Å². The number of benzene rings is 1. The maximum absolute atomic E-state index is 13.0. The van der Waals surface area contributed by atoms with E-state index in [9.17, 15) is 19.7 Å². The molecule has 1 amide bonds. The van der Waals surface area contributed by atoms with Crippen LogP contribution in [-0.4, -0.2) is 41.4 Å². The van der Waals surface area contributed by atoms with Crippen LogP contribution in [0.4, 0.5) is 5.69 Å². The lowest BCUT2D eigenvalue weighted by molar-refractivity contribution is -0.385. The summed E-state index contributed by atoms with van der Waals surface area (Å²) < 4.78 is 4.83. The Balaban J connectivity index is 2.00. The van der Waals surface area contributed by atoms with Crippen molar-refractivity contribution < 1.29 is 19.2 Å². The molecular weight excluding hydrogens is 312 g/mol. The Bertz CT molecular complexity index is 739. The highest BCUT2D eigenvalue weighted by Crippen LogP contribution is 2.55. The van der Waals surface area contributed by atoms with Crippen molar-refractivity contribution in [3.63, 3.8) is 0 Å². The summed E-state index contributed by atoms with van der Waals surface area (Å²) in [5, 5.41) is 11.4. The van der Waals surface area contributed by atoms with E-state index in [1.54, 1.807) is 19.9 Å². The highest BCUT2D eigenvalue weighted by molar-refractivity contribution is 6.01. The molecule has 1 aromatic rings. The SMILES string of the molecule is COC(=O)[C@@H]1CC2(CC2)CN1C(=O)c1cc(C)c(C)cc1[N+](=O)[O-]. The molecule has 2 fully saturated rings. The van der Waals surface area contributed by atoms with Gasteiger partial charge in [-0.3, -0.25) is 14.9 Å². The summed E-state index contributed by atoms with van der Waals surface area (Å²) in [4.78, 5) is 37.3. The van der Waals surface area contributed by atoms with Crippen molar-refractivity contribution in [3.05, 3.63) is 38.9 Å². The summed E-state index contributed by atoms with van der Waals surface area (Å²) in [6, 6.07) is 2.30. The summed E-state index contributed by atoms with van der Waals surface area (Å²) >= 11 is 0. The molecule has 1 saturated heterocycles. The minimum atomic E-state index is -0.661. The average Bonchev–Trinajstić information content (AvgIpc) is 3.18. The number of likely N-dealkylation sites (tertiary alicyclic amines) is 1. The first-order valence-electron chi connectivity index (χ1n) is 7.92. The number of esters is 1. The Morgan fingerprint density at radius 2 is 1.92 bits per heavy atom. The van der Waals surface area contributed by atoms with E-state index in [2.05, 4.69) is 0 Å². The smallest absolute Gasteiger partial charge is 0.328 e. The lowest BCUT2D eigenvalue weighted by atomic mass is 10.0. The summed E-state index contributed by atoms with van der Waals surface area (Å²) in [6.45, 7) is 4.03. The Hall–Kier alpha value is -2.44. The number of methoxy groups -OCH3 is 1. The van der Waals surface area contributed by atoms with Crippen molar-refractivity contribution in [2.24, 2.45) is 5.41 Å². The standard InChI is InChI=1S/C17H20N2O5/c1-10-6-12(13(19(22)23)7-11(10)2)15(20)18-9-17(4-5-17)8-14(18)16(21)24-3/h6-7,14H,4-5,8-9H2,1-3H3/t14-/m0/s1. The van der Waals surface area contributed by atoms with E-state index in [0.717, 1.165) is 24.0 Å². The summed E-state index contributed by atoms with van der Waals surface area (Å²) in [6.07, 6.45) is 2.52. The zero-order valence-corrected chi connectivity index (χ0v) is 14.0. The van der Waals surface area contributed by atoms with Crippen molar-refractivity contribution in [2.75, 3.05) is 13.7 Å². The van der Waals surface area contributed by atoms with Crippen LogP contribution >= 0.6 is 0 Å². The number of nitrogens with zero attached hydrogens (tertiary/aromatic N) is 2. The monoisotopic (exact) mass is 332 g/mol. The number of carbonyl (C=O) groups is 2. The second-order valence-electron chi connectivity index (χ2n) is 6.89. The molecule has 7 heteroatoms. The van der Waals surface area contributed by atoms with E-state index >= 15 is 0 Å². The maximum atomic E-state index is 13.0. The van der Waals surface area contributed by atoms with Gasteiger partial charge in [0.1, 0.15) is 11.6 Å². The first-order chi connectivity index (χ1) is 11.3. The van der Waals surface area contributed by atoms with Crippen LogP contribution in [0.15, 0.2) is 12.1 Å². The van der Waals surface area contributed by atoms with Crippen LogP contribution in [0.3, 0.4) is 0 Å². The quantitative estimate of drug-likeness (QED) is 0.481. The number of ether oxygens (including phenoxy) is 1. The largest absolute Gasteiger partial charge is 0.467 e. The Kier molecular flexibility index (Phi) is 3.81. The lowest BCUT2D eigenvalue weighted by Crippen LogP contribution is -2.41. The zero-order valence-electron chi connectivity index (χ0n) is 14.0. The molecule has 0 bridgehead atoms. The fraction of sp³-hybridized carbons (Fsp3) is 0.529. The number of hydrogen-bond acceptors (Lipinski definition) is 5. The second-order valence-corrected chi connectivity index (χ2v) is 6.89. The fourth-order valence-corrected chi connectivity index (χ4v) is 3.43. The fourth-order valence-electron chi connectivity index (χ4n) is 3.43. The third-order valence-electron chi connectivity index (χ3n) is 5.24. The number of hydrogen-bond donors (Lipinski definition) is 0. The molecule has 1 saturated carbocycles. The average molecular weight is 332 g/mol. The van der Waals surface area contributed by atoms with Crippen LogP contribution < -0.4 is 0 Å². The Morgan fingerprint density at radius 3 is 2.46 bits per heavy atom. The molecule has 7 nitrogen and oxygen atoms in total. The van der Waals surface area contributed by atoms with Gasteiger partial charge in [-0.1, -0.05) is 0 Å². The normalized spacial score (nSPS) is 21.0. The summed E-state index contributed by atoms with van der Waals surface area (Å²) in [5.41, 5.74) is 1.36. The van der Waals surface area contributed by atoms with Crippen molar-refractivity contribution in [2.45, 2.75) is 39.2 Å². The molecule has 24 heavy (non-hydrogen) atoms. The van der Waals surface area contributed by atoms with Gasteiger partial charge in [-0.15, -0.1) is 0 Å². The molecule has 1 atom stereocenters. The summed E-state index contributed by atoms with van der Waals surface area (Å²) in [5.74, 6) is -0.928. The molecule has 1 aliphatic heterocycles. The molecule has 1 aliphatic carbocycles. The molecule has 0 unspecified atom stereocenters. The molecule has 1 heterocycles. The predicted molar refractivity (Wildman–Crippen MR) is 85.7 cm³/mol. The molecule has 3 rings (SSSR count). The van der Waals surface area contributed by atoms with Crippen LogP contribution in [0.25, 0.3) is 0 Å². The van der Waals surface area contributed by atoms with Gasteiger partial charge >= 0.3 is 5.97 Å². The topological polar surface area (TPSA) is 89.8 Å². The number of aryl methyl sites for hydroxylation is 2. The predicted octanol–water partition coefficient (Wildman–Crippen LogP) is 2.38. The number of nitro groups is 1. The number of amides is 1. The van der Waals surface area contributed by atoms with E-state index in [1.807, 2.05) is 0 Å². The molecular formula is C17H20N2O5. The summed E-state index contributed by atoms with van der Waals surface area (Å²) in [7, 11) is 1.29. The zero-order chi connectivity index (χ0) is 17.6. The van der Waals surface area contributed by atoms with Gasteiger partial charge in [-0.05, 0) is 55.7 Å². The van der Waals surface area contributed by atoms with E-state index in [4.69, 9.17) is 4.74 Å². The van der Waals surface area contributed by atoms with Crippen LogP contribution in [0.1, 0.15) is 40.7 Å². The molecule has 2 aliphatic rings. The van der Waals surface area contributed by atoms with E-state index in [0.29, 0.717) is 13.0 Å². The van der Waals surface area contributed by atoms with Crippen molar-refractivity contribution in [1.82, 2.24) is 4.90 Å². The molecule has 0 aromatic heterocycles. The number of carbonyl (C=O) groups excluding carboxylic acids is 2. The van der Waals surface area contributed by atoms with Gasteiger partial charge in [-0.25, -0.2) is 4.79 Å². The van der Waals surface area contributed by atoms with Gasteiger partial charge in [-0.2, -0.15) is 0 Å². The molecule has 1 aromatic carbocycles. The Morgan fingerprint density at radius 1 is 1.29 bits per heavy atom. The van der Waals surface area contributed by atoms with Gasteiger partial charge in [0.25, 0.3) is 11.6 Å². The third kappa shape index (κ3) is 2.64. The van der Waals surface area contributed by atoms with E-state index < -0.39 is 22.8 Å². The van der Waals surface area contributed by atoms with Crippen molar-refractivity contribution in [1.29, 1.82) is 0 Å². The van der Waals surface area contributed by atoms with Crippen LogP contribution in [0.5, 0.6) is 0 Å². The van der Waals surface area contributed by atoms with Gasteiger partial charge in [0, 0.05) is 12.6 Å². The van der Waals surface area contributed by atoms with Crippen LogP contribution in [0, 0.1) is 29.4 Å². The number of rotatable bonds is 3. The van der Waals surface area contributed by atoms with E-state index in [1.165, 1.54) is 18.1 Å². The highest BCUT2D eigenvalue weighted by atomic mass is 16.6. The maximum Gasteiger partial charge on any atom is 0.328 e. The van der Waals surface area contributed by atoms with Gasteiger partial charge in [0.15, 0.2) is 0 Å². The van der Waals surface area contributed by atoms with Crippen LogP contribution in [-0.2, 0) is 9.53 Å². The highest BCUT2D eigenvalue weighted by Gasteiger charge is 2.56. The molecule has 0 radical (unpaired) electrons. The molecule has 1 spiro atoms. The Labute approximate surface area is 139 Å². The number of nitro benzene ring substituents is 1. The minimum Gasteiger partial charge on any atom is -0.467 e. The minimum absolute atomic E-state index is 0.0109. The van der Waals surface area contributed by atoms with Crippen molar-refractivity contribution >= 4 is 17.6 Å². The molecule has 0 N–H and O–H groups in total. The first-order valence-corrected chi connectivity index (χ1v) is 7.92. The van der Waals surface area contributed by atoms with Gasteiger partial charge in [0.05, 0.1) is 12.0 Å². The van der Waals surface area contributed by atoms with Gasteiger partial charge < -0.3 is 9.64 Å². The second kappa shape index (κ2) is 5.58. The van der Waals surface area contributed by atoms with Gasteiger partial charge in [0.2, 0.25) is 0 Å². The first kappa shape index (κ1) is 16.4. The third-order valence-corrected chi connectivity index (χ3v) is 5.24.